The van der Waals surface area contributed by atoms with Crippen LogP contribution < -0.4 is 0 Å². The molecule has 0 atom stereocenters. The lowest BCUT2D eigenvalue weighted by Gasteiger charge is -2.28. The van der Waals surface area contributed by atoms with Gasteiger partial charge in [0.15, 0.2) is 0 Å². The van der Waals surface area contributed by atoms with Gasteiger partial charge >= 0.3 is 0 Å². The van der Waals surface area contributed by atoms with Crippen LogP contribution in [0.2, 0.25) is 0 Å². The summed E-state index contributed by atoms with van der Waals surface area (Å²) in [6, 6.07) is 0. The van der Waals surface area contributed by atoms with Gasteiger partial charge in [0, 0.05) is 26.2 Å². The van der Waals surface area contributed by atoms with Crippen LogP contribution in [0.1, 0.15) is 55.6 Å². The number of aromatic nitrogens is 5. The molecular weight excluding hydrogens is 300 g/mol. The van der Waals surface area contributed by atoms with Crippen LogP contribution in [-0.2, 0) is 19.6 Å². The van der Waals surface area contributed by atoms with Gasteiger partial charge in [-0.2, -0.15) is 0 Å². The first-order valence-corrected chi connectivity index (χ1v) is 9.40. The van der Waals surface area contributed by atoms with Crippen molar-refractivity contribution in [2.24, 2.45) is 5.92 Å². The molecule has 1 aliphatic carbocycles. The maximum Gasteiger partial charge on any atom is 0.0952 e. The smallest absolute Gasteiger partial charge is 0.0952 e. The predicted molar refractivity (Wildman–Crippen MR) is 92.6 cm³/mol. The van der Waals surface area contributed by atoms with Crippen molar-refractivity contribution in [2.45, 2.75) is 65.1 Å². The fourth-order valence-corrected chi connectivity index (χ4v) is 4.21. The highest BCUT2D eigenvalue weighted by atomic mass is 15.4. The van der Waals surface area contributed by atoms with Crippen LogP contribution >= 0.6 is 0 Å². The van der Waals surface area contributed by atoms with Crippen LogP contribution in [0.4, 0.5) is 0 Å². The third-order valence-corrected chi connectivity index (χ3v) is 5.63. The van der Waals surface area contributed by atoms with E-state index in [0.29, 0.717) is 0 Å². The first-order valence-electron chi connectivity index (χ1n) is 9.40. The lowest BCUT2D eigenvalue weighted by molar-refractivity contribution is 0.195. The van der Waals surface area contributed by atoms with Crippen LogP contribution in [-0.4, -0.2) is 42.5 Å². The molecule has 1 fully saturated rings. The summed E-state index contributed by atoms with van der Waals surface area (Å²) < 4.78 is 4.29. The Hall–Kier alpha value is -1.69. The van der Waals surface area contributed by atoms with Crippen molar-refractivity contribution in [2.75, 3.05) is 13.1 Å². The molecular formula is C18H28N6. The lowest BCUT2D eigenvalue weighted by Crippen LogP contribution is -2.30. The molecule has 0 N–H and O–H groups in total. The van der Waals surface area contributed by atoms with E-state index in [2.05, 4.69) is 24.8 Å². The van der Waals surface area contributed by atoms with Gasteiger partial charge in [-0.25, -0.2) is 9.67 Å². The second-order valence-corrected chi connectivity index (χ2v) is 7.46. The zero-order valence-electron chi connectivity index (χ0n) is 14.7. The van der Waals surface area contributed by atoms with E-state index in [1.807, 2.05) is 24.1 Å². The summed E-state index contributed by atoms with van der Waals surface area (Å²) in [4.78, 5) is 7.35. The second-order valence-electron chi connectivity index (χ2n) is 7.46. The summed E-state index contributed by atoms with van der Waals surface area (Å²) in [5.41, 5.74) is 3.61. The molecule has 24 heavy (non-hydrogen) atoms. The Balaban J connectivity index is 1.48. The zero-order chi connectivity index (χ0) is 16.4. The minimum Gasteiger partial charge on any atom is -0.333 e. The van der Waals surface area contributed by atoms with Gasteiger partial charge in [0.05, 0.1) is 36.2 Å². The highest BCUT2D eigenvalue weighted by molar-refractivity contribution is 5.15. The average molecular weight is 328 g/mol. The van der Waals surface area contributed by atoms with Crippen molar-refractivity contribution >= 4 is 0 Å². The standard InChI is InChI=1S/C18H28N6/c1-15-10-20-21-24(15)12-17-18-13-22(8-5-9-23(18)14-19-17)11-16-6-3-2-4-7-16/h10,14,16H,2-9,11-13H2,1H3. The fraction of sp³-hybridized carbons (Fsp3) is 0.722. The van der Waals surface area contributed by atoms with E-state index >= 15 is 0 Å². The Morgan fingerprint density at radius 3 is 2.79 bits per heavy atom. The summed E-state index contributed by atoms with van der Waals surface area (Å²) >= 11 is 0. The van der Waals surface area contributed by atoms with Crippen LogP contribution in [0.15, 0.2) is 12.5 Å². The zero-order valence-corrected chi connectivity index (χ0v) is 14.7. The molecule has 2 aliphatic rings. The van der Waals surface area contributed by atoms with Gasteiger partial charge in [-0.1, -0.05) is 24.5 Å². The molecule has 0 spiro atoms. The first-order chi connectivity index (χ1) is 11.8. The highest BCUT2D eigenvalue weighted by Crippen LogP contribution is 2.26. The normalized spacial score (nSPS) is 20.0. The minimum atomic E-state index is 0.728. The molecule has 0 unspecified atom stereocenters. The molecule has 2 aromatic rings. The summed E-state index contributed by atoms with van der Waals surface area (Å²) in [6.07, 6.45) is 12.2. The number of fused-ring (bicyclic) bond motifs is 1. The molecule has 4 rings (SSSR count). The molecule has 0 saturated heterocycles. The van der Waals surface area contributed by atoms with Crippen molar-refractivity contribution in [3.05, 3.63) is 29.6 Å². The van der Waals surface area contributed by atoms with Gasteiger partial charge in [0.25, 0.3) is 0 Å². The monoisotopic (exact) mass is 328 g/mol. The quantitative estimate of drug-likeness (QED) is 0.866. The van der Waals surface area contributed by atoms with Gasteiger partial charge in [0.2, 0.25) is 0 Å². The molecule has 6 heteroatoms. The molecule has 0 amide bonds. The summed E-state index contributed by atoms with van der Waals surface area (Å²) in [7, 11) is 0. The second kappa shape index (κ2) is 7.05. The number of hydrogen-bond acceptors (Lipinski definition) is 4. The number of rotatable bonds is 4. The van der Waals surface area contributed by atoms with Crippen molar-refractivity contribution < 1.29 is 0 Å². The maximum atomic E-state index is 4.68. The SMILES string of the molecule is Cc1cnnn1Cc1ncn2c1CN(CC1CCCCC1)CCC2. The molecule has 0 aromatic carbocycles. The number of imidazole rings is 1. The van der Waals surface area contributed by atoms with Gasteiger partial charge in [-0.3, -0.25) is 4.90 Å². The maximum absolute atomic E-state index is 4.68. The first kappa shape index (κ1) is 15.8. The molecule has 0 bridgehead atoms. The van der Waals surface area contributed by atoms with Gasteiger partial charge in [0.1, 0.15) is 0 Å². The molecule has 0 radical (unpaired) electrons. The topological polar surface area (TPSA) is 51.8 Å². The van der Waals surface area contributed by atoms with E-state index in [4.69, 9.17) is 0 Å². The Labute approximate surface area is 143 Å². The van der Waals surface area contributed by atoms with Crippen LogP contribution in [0, 0.1) is 12.8 Å². The number of aryl methyl sites for hydroxylation is 2. The molecule has 1 aliphatic heterocycles. The van der Waals surface area contributed by atoms with E-state index in [1.165, 1.54) is 57.3 Å². The summed E-state index contributed by atoms with van der Waals surface area (Å²) in [6.45, 7) is 7.35. The van der Waals surface area contributed by atoms with Crippen LogP contribution in [0.5, 0.6) is 0 Å². The predicted octanol–water partition coefficient (Wildman–Crippen LogP) is 2.62. The van der Waals surface area contributed by atoms with E-state index in [9.17, 15) is 0 Å². The lowest BCUT2D eigenvalue weighted by atomic mass is 9.89. The van der Waals surface area contributed by atoms with Crippen LogP contribution in [0.25, 0.3) is 0 Å². The molecule has 130 valence electrons. The Kier molecular flexibility index (Phi) is 4.65. The summed E-state index contributed by atoms with van der Waals surface area (Å²) in [5.74, 6) is 0.897. The van der Waals surface area contributed by atoms with Crippen molar-refractivity contribution in [3.63, 3.8) is 0 Å². The number of hydrogen-bond donors (Lipinski definition) is 0. The Morgan fingerprint density at radius 2 is 2.00 bits per heavy atom. The number of nitrogens with zero attached hydrogens (tertiary/aromatic N) is 6. The van der Waals surface area contributed by atoms with Crippen molar-refractivity contribution in [1.29, 1.82) is 0 Å². The Bertz CT molecular complexity index is 667. The van der Waals surface area contributed by atoms with Gasteiger partial charge in [-0.15, -0.1) is 5.10 Å². The summed E-state index contributed by atoms with van der Waals surface area (Å²) in [5, 5.41) is 8.17. The molecule has 6 nitrogen and oxygen atoms in total. The van der Waals surface area contributed by atoms with Gasteiger partial charge in [-0.05, 0) is 32.1 Å². The Morgan fingerprint density at radius 1 is 1.12 bits per heavy atom. The van der Waals surface area contributed by atoms with Crippen molar-refractivity contribution in [3.8, 4) is 0 Å². The molecule has 3 heterocycles. The van der Waals surface area contributed by atoms with E-state index in [-0.39, 0.29) is 0 Å². The average Bonchev–Trinajstić information content (AvgIpc) is 3.10. The fourth-order valence-electron chi connectivity index (χ4n) is 4.21. The van der Waals surface area contributed by atoms with E-state index < -0.39 is 0 Å². The third kappa shape index (κ3) is 3.38. The minimum absolute atomic E-state index is 0.728. The van der Waals surface area contributed by atoms with Crippen molar-refractivity contribution in [1.82, 2.24) is 29.4 Å². The largest absolute Gasteiger partial charge is 0.333 e. The van der Waals surface area contributed by atoms with Gasteiger partial charge < -0.3 is 4.57 Å². The third-order valence-electron chi connectivity index (χ3n) is 5.63. The molecule has 2 aromatic heterocycles. The van der Waals surface area contributed by atoms with E-state index in [1.54, 1.807) is 0 Å². The van der Waals surface area contributed by atoms with E-state index in [0.717, 1.165) is 36.9 Å². The molecule has 1 saturated carbocycles. The van der Waals surface area contributed by atoms with Crippen LogP contribution in [0.3, 0.4) is 0 Å². The highest BCUT2D eigenvalue weighted by Gasteiger charge is 2.22.